The van der Waals surface area contributed by atoms with Crippen molar-refractivity contribution in [1.82, 2.24) is 4.31 Å². The third kappa shape index (κ3) is 3.45. The van der Waals surface area contributed by atoms with Crippen LogP contribution in [0.25, 0.3) is 0 Å². The second-order valence-corrected chi connectivity index (χ2v) is 5.81. The van der Waals surface area contributed by atoms with Crippen molar-refractivity contribution in [3.05, 3.63) is 12.2 Å². The van der Waals surface area contributed by atoms with Crippen molar-refractivity contribution in [3.63, 3.8) is 0 Å². The van der Waals surface area contributed by atoms with E-state index in [0.29, 0.717) is 4.31 Å². The lowest BCUT2D eigenvalue weighted by molar-refractivity contribution is -0.131. The van der Waals surface area contributed by atoms with Gasteiger partial charge in [0.2, 0.25) is 0 Å². The molecule has 0 saturated carbocycles. The van der Waals surface area contributed by atoms with Crippen LogP contribution < -0.4 is 0 Å². The molecule has 1 aliphatic heterocycles. The number of carboxylic acids is 1. The van der Waals surface area contributed by atoms with Gasteiger partial charge in [0, 0.05) is 19.2 Å². The molecule has 0 bridgehead atoms. The van der Waals surface area contributed by atoms with Gasteiger partial charge in [-0.3, -0.25) is 0 Å². The maximum Gasteiger partial charge on any atom is 0.511 e. The Morgan fingerprint density at radius 3 is 2.17 bits per heavy atom. The molecule has 1 heterocycles. The monoisotopic (exact) mass is 287 g/mol. The molecule has 0 aromatic carbocycles. The highest BCUT2D eigenvalue weighted by Crippen LogP contribution is 2.30. The summed E-state index contributed by atoms with van der Waals surface area (Å²) in [5.74, 6) is -1.35. The maximum absolute atomic E-state index is 12.2. The predicted octanol–water partition coefficient (Wildman–Crippen LogP) is 1.19. The van der Waals surface area contributed by atoms with Crippen molar-refractivity contribution < 1.29 is 31.5 Å². The summed E-state index contributed by atoms with van der Waals surface area (Å²) in [6.07, 6.45) is 2.65. The Hall–Kier alpha value is -1.09. The smallest absolute Gasteiger partial charge is 0.478 e. The van der Waals surface area contributed by atoms with E-state index in [1.807, 2.05) is 0 Å². The van der Waals surface area contributed by atoms with Crippen LogP contribution in [0.4, 0.5) is 13.2 Å². The summed E-state index contributed by atoms with van der Waals surface area (Å²) in [7, 11) is -5.26. The summed E-state index contributed by atoms with van der Waals surface area (Å²) >= 11 is 0. The van der Waals surface area contributed by atoms with Crippen LogP contribution in [-0.4, -0.2) is 42.4 Å². The van der Waals surface area contributed by atoms with E-state index in [2.05, 4.69) is 0 Å². The standard InChI is InChI=1S/C9H12F3NO4S/c10-9(11,12)18(16,17)13-5-3-7(4-6-13)1-2-8(14)15/h1-2,7H,3-6H2,(H,14,15)/b2-1+. The Morgan fingerprint density at radius 2 is 1.78 bits per heavy atom. The van der Waals surface area contributed by atoms with Gasteiger partial charge in [-0.1, -0.05) is 6.08 Å². The average molecular weight is 287 g/mol. The minimum Gasteiger partial charge on any atom is -0.478 e. The molecule has 0 aromatic heterocycles. The van der Waals surface area contributed by atoms with Crippen LogP contribution in [0.2, 0.25) is 0 Å². The SMILES string of the molecule is O=C(O)/C=C/C1CCN(S(=O)(=O)C(F)(F)F)CC1. The van der Waals surface area contributed by atoms with Gasteiger partial charge in [-0.2, -0.15) is 17.5 Å². The van der Waals surface area contributed by atoms with Crippen molar-refractivity contribution in [2.75, 3.05) is 13.1 Å². The molecule has 1 fully saturated rings. The first-order chi connectivity index (χ1) is 8.14. The zero-order valence-electron chi connectivity index (χ0n) is 9.22. The Morgan fingerprint density at radius 1 is 1.28 bits per heavy atom. The fourth-order valence-corrected chi connectivity index (χ4v) is 2.66. The molecule has 18 heavy (non-hydrogen) atoms. The van der Waals surface area contributed by atoms with Gasteiger partial charge in [0.25, 0.3) is 0 Å². The Kier molecular flexibility index (Phi) is 4.38. The van der Waals surface area contributed by atoms with Gasteiger partial charge < -0.3 is 5.11 Å². The lowest BCUT2D eigenvalue weighted by Crippen LogP contribution is -2.44. The number of hydrogen-bond acceptors (Lipinski definition) is 3. The van der Waals surface area contributed by atoms with E-state index >= 15 is 0 Å². The fraction of sp³-hybridized carbons (Fsp3) is 0.667. The fourth-order valence-electron chi connectivity index (χ4n) is 1.67. The number of sulfonamides is 1. The Labute approximate surface area is 102 Å². The zero-order valence-corrected chi connectivity index (χ0v) is 10.0. The van der Waals surface area contributed by atoms with Crippen molar-refractivity contribution >= 4 is 16.0 Å². The van der Waals surface area contributed by atoms with E-state index in [1.54, 1.807) is 0 Å². The highest BCUT2D eigenvalue weighted by atomic mass is 32.2. The molecule has 1 aliphatic rings. The second-order valence-electron chi connectivity index (χ2n) is 3.88. The van der Waals surface area contributed by atoms with Crippen LogP contribution >= 0.6 is 0 Å². The lowest BCUT2D eigenvalue weighted by Gasteiger charge is -2.30. The molecule has 0 unspecified atom stereocenters. The van der Waals surface area contributed by atoms with Crippen LogP contribution in [0.15, 0.2) is 12.2 Å². The van der Waals surface area contributed by atoms with Gasteiger partial charge >= 0.3 is 21.5 Å². The highest BCUT2D eigenvalue weighted by molar-refractivity contribution is 7.90. The summed E-state index contributed by atoms with van der Waals surface area (Å²) < 4.78 is 59.3. The largest absolute Gasteiger partial charge is 0.511 e. The van der Waals surface area contributed by atoms with E-state index in [1.165, 1.54) is 6.08 Å². The molecule has 0 spiro atoms. The van der Waals surface area contributed by atoms with Crippen molar-refractivity contribution in [2.24, 2.45) is 5.92 Å². The molecule has 0 aliphatic carbocycles. The third-order valence-corrected chi connectivity index (χ3v) is 4.27. The lowest BCUT2D eigenvalue weighted by atomic mass is 9.98. The van der Waals surface area contributed by atoms with Crippen LogP contribution in [0.5, 0.6) is 0 Å². The van der Waals surface area contributed by atoms with Crippen LogP contribution in [0.3, 0.4) is 0 Å². The van der Waals surface area contributed by atoms with E-state index in [-0.39, 0.29) is 31.8 Å². The summed E-state index contributed by atoms with van der Waals surface area (Å²) in [5.41, 5.74) is -5.28. The molecule has 104 valence electrons. The topological polar surface area (TPSA) is 74.7 Å². The number of carboxylic acid groups (broad SMARTS) is 1. The van der Waals surface area contributed by atoms with Gasteiger partial charge in [-0.15, -0.1) is 0 Å². The normalized spacial score (nSPS) is 20.4. The van der Waals surface area contributed by atoms with Gasteiger partial charge in [-0.05, 0) is 18.8 Å². The van der Waals surface area contributed by atoms with Gasteiger partial charge in [-0.25, -0.2) is 13.2 Å². The molecule has 0 aromatic rings. The van der Waals surface area contributed by atoms with Gasteiger partial charge in [0.1, 0.15) is 0 Å². The quantitative estimate of drug-likeness (QED) is 0.791. The summed E-state index contributed by atoms with van der Waals surface area (Å²) in [6.45, 7) is -0.507. The van der Waals surface area contributed by atoms with Crippen LogP contribution in [0, 0.1) is 5.92 Å². The van der Waals surface area contributed by atoms with Crippen molar-refractivity contribution in [1.29, 1.82) is 0 Å². The summed E-state index contributed by atoms with van der Waals surface area (Å²) in [4.78, 5) is 10.3. The number of piperidine rings is 1. The maximum atomic E-state index is 12.2. The second kappa shape index (κ2) is 5.27. The van der Waals surface area contributed by atoms with E-state index in [9.17, 15) is 26.4 Å². The molecule has 5 nitrogen and oxygen atoms in total. The highest BCUT2D eigenvalue weighted by Gasteiger charge is 2.50. The first kappa shape index (κ1) is 15.0. The molecule has 0 atom stereocenters. The molecule has 1 rings (SSSR count). The molecule has 9 heteroatoms. The summed E-state index contributed by atoms with van der Waals surface area (Å²) in [5, 5.41) is 8.39. The molecular formula is C9H12F3NO4S. The van der Waals surface area contributed by atoms with Crippen LogP contribution in [-0.2, 0) is 14.8 Å². The molecule has 0 radical (unpaired) electrons. The molecule has 1 saturated heterocycles. The number of halogens is 3. The molecule has 0 amide bonds. The van der Waals surface area contributed by atoms with Crippen molar-refractivity contribution in [3.8, 4) is 0 Å². The Balaban J connectivity index is 2.63. The van der Waals surface area contributed by atoms with Gasteiger partial charge in [0.05, 0.1) is 0 Å². The first-order valence-corrected chi connectivity index (χ1v) is 6.56. The zero-order chi connectivity index (χ0) is 14.0. The minimum absolute atomic E-state index is 0.180. The number of carbonyl (C=O) groups is 1. The van der Waals surface area contributed by atoms with Gasteiger partial charge in [0.15, 0.2) is 0 Å². The third-order valence-electron chi connectivity index (χ3n) is 2.64. The number of rotatable bonds is 3. The Bertz CT molecular complexity index is 435. The molecule has 1 N–H and O–H groups in total. The number of allylic oxidation sites excluding steroid dienone is 1. The van der Waals surface area contributed by atoms with E-state index < -0.39 is 21.5 Å². The van der Waals surface area contributed by atoms with Crippen LogP contribution in [0.1, 0.15) is 12.8 Å². The van der Waals surface area contributed by atoms with Crippen molar-refractivity contribution in [2.45, 2.75) is 18.3 Å². The number of nitrogens with zero attached hydrogens (tertiary/aromatic N) is 1. The minimum atomic E-state index is -5.28. The molecular weight excluding hydrogens is 275 g/mol. The number of hydrogen-bond donors (Lipinski definition) is 1. The van der Waals surface area contributed by atoms with E-state index in [0.717, 1.165) is 6.08 Å². The number of aliphatic carboxylic acids is 1. The van der Waals surface area contributed by atoms with E-state index in [4.69, 9.17) is 5.11 Å². The summed E-state index contributed by atoms with van der Waals surface area (Å²) in [6, 6.07) is 0. The first-order valence-electron chi connectivity index (χ1n) is 5.12. The predicted molar refractivity (Wildman–Crippen MR) is 56.0 cm³/mol. The number of alkyl halides is 3. The average Bonchev–Trinajstić information content (AvgIpc) is 2.25.